The number of rotatable bonds is 4. The molecule has 1 aromatic rings. The molecule has 0 radical (unpaired) electrons. The van der Waals surface area contributed by atoms with Crippen LogP contribution in [0.25, 0.3) is 0 Å². The van der Waals surface area contributed by atoms with Gasteiger partial charge in [0.15, 0.2) is 0 Å². The number of carbonyl (C=O) groups is 1. The Morgan fingerprint density at radius 2 is 2.00 bits per heavy atom. The second-order valence-electron chi connectivity index (χ2n) is 8.86. The summed E-state index contributed by atoms with van der Waals surface area (Å²) in [5.74, 6) is 6.36. The molecule has 0 heterocycles. The number of aryl methyl sites for hydroxylation is 1. The number of aliphatic hydroxyl groups is 2. The zero-order valence-corrected chi connectivity index (χ0v) is 16.3. The normalized spacial score (nSPS) is 30.2. The fourth-order valence-electron chi connectivity index (χ4n) is 5.53. The molecular weight excluding hydrogens is 352 g/mol. The van der Waals surface area contributed by atoms with E-state index in [1.165, 1.54) is 30.4 Å². The van der Waals surface area contributed by atoms with Gasteiger partial charge in [-0.15, -0.1) is 0 Å². The Morgan fingerprint density at radius 3 is 2.75 bits per heavy atom. The lowest BCUT2D eigenvalue weighted by atomic mass is 9.84. The molecule has 3 aliphatic rings. The average molecular weight is 383 g/mol. The Morgan fingerprint density at radius 1 is 1.21 bits per heavy atom. The molecule has 0 saturated heterocycles. The topological polar surface area (TPSA) is 77.8 Å². The maximum atomic E-state index is 10.8. The van der Waals surface area contributed by atoms with Crippen molar-refractivity contribution in [1.29, 1.82) is 0 Å². The molecule has 4 heteroatoms. The predicted molar refractivity (Wildman–Crippen MR) is 107 cm³/mol. The maximum absolute atomic E-state index is 10.8. The van der Waals surface area contributed by atoms with Gasteiger partial charge in [-0.25, -0.2) is 0 Å². The van der Waals surface area contributed by atoms with E-state index in [9.17, 15) is 15.0 Å². The summed E-state index contributed by atoms with van der Waals surface area (Å²) in [6.07, 6.45) is 7.01. The smallest absolute Gasteiger partial charge is 0.303 e. The molecule has 0 aromatic heterocycles. The minimum Gasteiger partial charge on any atom is -0.481 e. The van der Waals surface area contributed by atoms with Crippen molar-refractivity contribution in [1.82, 2.24) is 0 Å². The molecule has 0 aliphatic heterocycles. The SMILES string of the molecule is O=C(O)CCc1ccc2c(c1)[C@H]1C[C@@H](O)[C@H](C#C[C@@H](O)C3CCCCC3)[C@H]1C2. The molecule has 3 N–H and O–H groups in total. The second-order valence-corrected chi connectivity index (χ2v) is 8.86. The van der Waals surface area contributed by atoms with Gasteiger partial charge in [-0.05, 0) is 66.5 Å². The Balaban J connectivity index is 1.46. The van der Waals surface area contributed by atoms with Gasteiger partial charge >= 0.3 is 5.97 Å². The molecule has 4 nitrogen and oxygen atoms in total. The van der Waals surface area contributed by atoms with Crippen molar-refractivity contribution in [3.05, 3.63) is 34.9 Å². The van der Waals surface area contributed by atoms with E-state index in [0.29, 0.717) is 24.7 Å². The van der Waals surface area contributed by atoms with Crippen LogP contribution in [0.5, 0.6) is 0 Å². The van der Waals surface area contributed by atoms with Gasteiger partial charge in [0.1, 0.15) is 6.10 Å². The number of hydrogen-bond donors (Lipinski definition) is 3. The third kappa shape index (κ3) is 3.97. The number of aliphatic hydroxyl groups excluding tert-OH is 2. The summed E-state index contributed by atoms with van der Waals surface area (Å²) in [7, 11) is 0. The molecule has 0 spiro atoms. The number of benzene rings is 1. The molecule has 2 fully saturated rings. The van der Waals surface area contributed by atoms with Crippen LogP contribution in [-0.4, -0.2) is 33.5 Å². The van der Waals surface area contributed by atoms with Crippen LogP contribution in [0.1, 0.15) is 67.6 Å². The summed E-state index contributed by atoms with van der Waals surface area (Å²) in [6, 6.07) is 6.30. The van der Waals surface area contributed by atoms with Crippen LogP contribution in [-0.2, 0) is 17.6 Å². The van der Waals surface area contributed by atoms with Crippen LogP contribution >= 0.6 is 0 Å². The summed E-state index contributed by atoms with van der Waals surface area (Å²) in [4.78, 5) is 10.8. The fourth-order valence-corrected chi connectivity index (χ4v) is 5.53. The molecule has 0 bridgehead atoms. The highest BCUT2D eigenvalue weighted by molar-refractivity contribution is 5.67. The Labute approximate surface area is 167 Å². The number of fused-ring (bicyclic) bond motifs is 3. The fraction of sp³-hybridized carbons (Fsp3) is 0.625. The highest BCUT2D eigenvalue weighted by Crippen LogP contribution is 2.51. The highest BCUT2D eigenvalue weighted by Gasteiger charge is 2.46. The molecule has 28 heavy (non-hydrogen) atoms. The lowest BCUT2D eigenvalue weighted by Gasteiger charge is -2.23. The first-order chi connectivity index (χ1) is 13.5. The zero-order chi connectivity index (χ0) is 19.7. The van der Waals surface area contributed by atoms with Gasteiger partial charge in [0.2, 0.25) is 0 Å². The first-order valence-electron chi connectivity index (χ1n) is 10.7. The van der Waals surface area contributed by atoms with Crippen LogP contribution < -0.4 is 0 Å². The summed E-state index contributed by atoms with van der Waals surface area (Å²) in [5.41, 5.74) is 3.63. The average Bonchev–Trinajstić information content (AvgIpc) is 3.19. The van der Waals surface area contributed by atoms with Gasteiger partial charge in [0.05, 0.1) is 12.0 Å². The van der Waals surface area contributed by atoms with Crippen molar-refractivity contribution in [2.45, 2.75) is 75.9 Å². The van der Waals surface area contributed by atoms with Gasteiger partial charge < -0.3 is 15.3 Å². The van der Waals surface area contributed by atoms with Crippen molar-refractivity contribution >= 4 is 5.97 Å². The number of carboxylic acid groups (broad SMARTS) is 1. The molecular formula is C24H30O4. The van der Waals surface area contributed by atoms with E-state index in [1.54, 1.807) is 0 Å². The monoisotopic (exact) mass is 382 g/mol. The van der Waals surface area contributed by atoms with Crippen molar-refractivity contribution < 1.29 is 20.1 Å². The van der Waals surface area contributed by atoms with Gasteiger partial charge in [0, 0.05) is 6.42 Å². The largest absolute Gasteiger partial charge is 0.481 e. The van der Waals surface area contributed by atoms with E-state index in [-0.39, 0.29) is 18.3 Å². The number of hydrogen-bond acceptors (Lipinski definition) is 3. The summed E-state index contributed by atoms with van der Waals surface area (Å²) in [5, 5.41) is 30.0. The number of aliphatic carboxylic acids is 1. The van der Waals surface area contributed by atoms with Gasteiger partial charge in [0.25, 0.3) is 0 Å². The Kier molecular flexibility index (Phi) is 5.75. The highest BCUT2D eigenvalue weighted by atomic mass is 16.4. The molecule has 5 atom stereocenters. The molecule has 1 aromatic carbocycles. The van der Waals surface area contributed by atoms with E-state index >= 15 is 0 Å². The Hall–Kier alpha value is -1.83. The van der Waals surface area contributed by atoms with Crippen LogP contribution in [0.3, 0.4) is 0 Å². The van der Waals surface area contributed by atoms with E-state index in [2.05, 4.69) is 24.0 Å². The third-order valence-electron chi connectivity index (χ3n) is 7.08. The first kappa shape index (κ1) is 19.5. The summed E-state index contributed by atoms with van der Waals surface area (Å²) in [6.45, 7) is 0. The van der Waals surface area contributed by atoms with Crippen molar-refractivity contribution in [3.63, 3.8) is 0 Å². The minimum atomic E-state index is -0.776. The molecule has 3 aliphatic carbocycles. The zero-order valence-electron chi connectivity index (χ0n) is 16.3. The van der Waals surface area contributed by atoms with Crippen LogP contribution in [0, 0.1) is 29.6 Å². The lowest BCUT2D eigenvalue weighted by Crippen LogP contribution is -2.23. The van der Waals surface area contributed by atoms with Crippen molar-refractivity contribution in [3.8, 4) is 11.8 Å². The van der Waals surface area contributed by atoms with Gasteiger partial charge in [-0.1, -0.05) is 49.3 Å². The molecule has 0 unspecified atom stereocenters. The van der Waals surface area contributed by atoms with Gasteiger partial charge in [-0.2, -0.15) is 0 Å². The standard InChI is InChI=1S/C24H30O4/c25-22(16-4-2-1-3-5-16)10-9-18-20-13-17-8-6-15(7-11-24(27)28)12-19(17)21(20)14-23(18)26/h6,8,12,16,18,20-23,25-26H,1-5,7,11,13-14H2,(H,27,28)/t18-,20-,21-,22-,23-/m1/s1. The van der Waals surface area contributed by atoms with Crippen molar-refractivity contribution in [2.24, 2.45) is 17.8 Å². The lowest BCUT2D eigenvalue weighted by molar-refractivity contribution is -0.136. The van der Waals surface area contributed by atoms with Crippen molar-refractivity contribution in [2.75, 3.05) is 0 Å². The van der Waals surface area contributed by atoms with E-state index in [4.69, 9.17) is 5.11 Å². The first-order valence-corrected chi connectivity index (χ1v) is 10.7. The van der Waals surface area contributed by atoms with Crippen LogP contribution in [0.4, 0.5) is 0 Å². The Bertz CT molecular complexity index is 784. The quantitative estimate of drug-likeness (QED) is 0.699. The molecule has 0 amide bonds. The summed E-state index contributed by atoms with van der Waals surface area (Å²) < 4.78 is 0. The second kappa shape index (κ2) is 8.27. The summed E-state index contributed by atoms with van der Waals surface area (Å²) >= 11 is 0. The maximum Gasteiger partial charge on any atom is 0.303 e. The van der Waals surface area contributed by atoms with Crippen LogP contribution in [0.15, 0.2) is 18.2 Å². The molecule has 2 saturated carbocycles. The predicted octanol–water partition coefficient (Wildman–Crippen LogP) is 3.29. The van der Waals surface area contributed by atoms with Gasteiger partial charge in [-0.3, -0.25) is 4.79 Å². The van der Waals surface area contributed by atoms with Crippen LogP contribution in [0.2, 0.25) is 0 Å². The van der Waals surface area contributed by atoms with E-state index < -0.39 is 18.2 Å². The van der Waals surface area contributed by atoms with E-state index in [0.717, 1.165) is 24.8 Å². The minimum absolute atomic E-state index is 0.0851. The number of carboxylic acids is 1. The third-order valence-corrected chi connectivity index (χ3v) is 7.08. The van der Waals surface area contributed by atoms with E-state index in [1.807, 2.05) is 6.07 Å². The molecule has 150 valence electrons. The molecule has 4 rings (SSSR count).